The standard InChI is InChI=1S/C18H19N3O2/c1-12-7-8-13(2)14(10-12)11-21-16(22)18(3,20-17(21)23)15-6-4-5-9-19-15/h4-10H,11H2,1-3H3,(H,20,23)/t18-/m1/s1. The number of imide groups is 1. The van der Waals surface area contributed by atoms with Crippen molar-refractivity contribution in [3.8, 4) is 0 Å². The van der Waals surface area contributed by atoms with Crippen molar-refractivity contribution in [1.29, 1.82) is 0 Å². The summed E-state index contributed by atoms with van der Waals surface area (Å²) in [6.45, 7) is 5.93. The van der Waals surface area contributed by atoms with Crippen LogP contribution >= 0.6 is 0 Å². The molecule has 1 aromatic carbocycles. The summed E-state index contributed by atoms with van der Waals surface area (Å²) < 4.78 is 0. The minimum absolute atomic E-state index is 0.264. The van der Waals surface area contributed by atoms with Gasteiger partial charge in [0.15, 0.2) is 5.54 Å². The van der Waals surface area contributed by atoms with Crippen molar-refractivity contribution >= 4 is 11.9 Å². The van der Waals surface area contributed by atoms with Crippen LogP contribution < -0.4 is 5.32 Å². The van der Waals surface area contributed by atoms with Gasteiger partial charge in [-0.3, -0.25) is 14.7 Å². The van der Waals surface area contributed by atoms with Gasteiger partial charge < -0.3 is 5.32 Å². The third kappa shape index (κ3) is 2.59. The number of aryl methyl sites for hydroxylation is 2. The minimum Gasteiger partial charge on any atom is -0.318 e. The first-order chi connectivity index (χ1) is 10.9. The van der Waals surface area contributed by atoms with Gasteiger partial charge in [0, 0.05) is 6.20 Å². The lowest BCUT2D eigenvalue weighted by Gasteiger charge is -2.21. The van der Waals surface area contributed by atoms with Gasteiger partial charge in [-0.15, -0.1) is 0 Å². The number of carbonyl (C=O) groups is 2. The fourth-order valence-electron chi connectivity index (χ4n) is 2.81. The molecule has 0 aliphatic carbocycles. The normalized spacial score (nSPS) is 20.7. The maximum Gasteiger partial charge on any atom is 0.325 e. The van der Waals surface area contributed by atoms with E-state index in [0.29, 0.717) is 5.69 Å². The van der Waals surface area contributed by atoms with E-state index in [9.17, 15) is 9.59 Å². The van der Waals surface area contributed by atoms with Crippen molar-refractivity contribution in [3.63, 3.8) is 0 Å². The van der Waals surface area contributed by atoms with Crippen molar-refractivity contribution in [2.45, 2.75) is 32.9 Å². The van der Waals surface area contributed by atoms with Gasteiger partial charge in [0.1, 0.15) is 0 Å². The van der Waals surface area contributed by atoms with E-state index in [4.69, 9.17) is 0 Å². The predicted molar refractivity (Wildman–Crippen MR) is 86.6 cm³/mol. The second kappa shape index (κ2) is 5.50. The summed E-state index contributed by atoms with van der Waals surface area (Å²) in [5.41, 5.74) is 2.56. The Labute approximate surface area is 135 Å². The van der Waals surface area contributed by atoms with Crippen LogP contribution in [0.3, 0.4) is 0 Å². The fourth-order valence-corrected chi connectivity index (χ4v) is 2.81. The number of hydrogen-bond acceptors (Lipinski definition) is 3. The number of hydrogen-bond donors (Lipinski definition) is 1. The molecular formula is C18H19N3O2. The lowest BCUT2D eigenvalue weighted by molar-refractivity contribution is -0.131. The van der Waals surface area contributed by atoms with Crippen LogP contribution in [0.25, 0.3) is 0 Å². The minimum atomic E-state index is -1.12. The molecule has 0 spiro atoms. The van der Waals surface area contributed by atoms with E-state index in [1.807, 2.05) is 32.0 Å². The van der Waals surface area contributed by atoms with Crippen molar-refractivity contribution in [3.05, 3.63) is 65.0 Å². The van der Waals surface area contributed by atoms with E-state index in [2.05, 4.69) is 10.3 Å². The molecule has 1 saturated heterocycles. The second-order valence-corrected chi connectivity index (χ2v) is 6.09. The number of nitrogens with zero attached hydrogens (tertiary/aromatic N) is 2. The highest BCUT2D eigenvalue weighted by molar-refractivity contribution is 6.06. The highest BCUT2D eigenvalue weighted by Gasteiger charge is 2.49. The van der Waals surface area contributed by atoms with Gasteiger partial charge in [0.25, 0.3) is 5.91 Å². The van der Waals surface area contributed by atoms with Crippen LogP contribution in [0.15, 0.2) is 42.6 Å². The lowest BCUT2D eigenvalue weighted by Crippen LogP contribution is -2.41. The highest BCUT2D eigenvalue weighted by atomic mass is 16.2. The molecule has 1 fully saturated rings. The Morgan fingerprint density at radius 1 is 1.17 bits per heavy atom. The largest absolute Gasteiger partial charge is 0.325 e. The summed E-state index contributed by atoms with van der Waals surface area (Å²) in [6, 6.07) is 11.0. The molecule has 3 amide bonds. The summed E-state index contributed by atoms with van der Waals surface area (Å²) >= 11 is 0. The molecule has 23 heavy (non-hydrogen) atoms. The zero-order chi connectivity index (χ0) is 16.6. The molecule has 2 aromatic rings. The van der Waals surface area contributed by atoms with E-state index in [-0.39, 0.29) is 18.5 Å². The number of rotatable bonds is 3. The third-order valence-electron chi connectivity index (χ3n) is 4.29. The Morgan fingerprint density at radius 3 is 2.65 bits per heavy atom. The first kappa shape index (κ1) is 15.2. The quantitative estimate of drug-likeness (QED) is 0.887. The summed E-state index contributed by atoms with van der Waals surface area (Å²) in [5, 5.41) is 2.78. The first-order valence-electron chi connectivity index (χ1n) is 7.53. The molecular weight excluding hydrogens is 290 g/mol. The van der Waals surface area contributed by atoms with E-state index >= 15 is 0 Å². The SMILES string of the molecule is Cc1ccc(C)c(CN2C(=O)N[C@](C)(c3ccccn3)C2=O)c1. The lowest BCUT2D eigenvalue weighted by atomic mass is 9.97. The molecule has 1 N–H and O–H groups in total. The molecule has 5 heteroatoms. The van der Waals surface area contributed by atoms with Crippen molar-refractivity contribution < 1.29 is 9.59 Å². The summed E-state index contributed by atoms with van der Waals surface area (Å²) in [7, 11) is 0. The van der Waals surface area contributed by atoms with Gasteiger partial charge >= 0.3 is 6.03 Å². The van der Waals surface area contributed by atoms with Crippen LogP contribution in [0.2, 0.25) is 0 Å². The third-order valence-corrected chi connectivity index (χ3v) is 4.29. The number of urea groups is 1. The molecule has 0 bridgehead atoms. The van der Waals surface area contributed by atoms with Gasteiger partial charge in [0.05, 0.1) is 12.2 Å². The molecule has 1 aliphatic rings. The Bertz CT molecular complexity index is 773. The maximum atomic E-state index is 12.8. The van der Waals surface area contributed by atoms with Crippen LogP contribution in [0, 0.1) is 13.8 Å². The zero-order valence-electron chi connectivity index (χ0n) is 13.5. The average molecular weight is 309 g/mol. The molecule has 2 heterocycles. The first-order valence-corrected chi connectivity index (χ1v) is 7.53. The molecule has 0 radical (unpaired) electrons. The smallest absolute Gasteiger partial charge is 0.318 e. The van der Waals surface area contributed by atoms with Gasteiger partial charge in [-0.25, -0.2) is 4.79 Å². The molecule has 1 aromatic heterocycles. The summed E-state index contributed by atoms with van der Waals surface area (Å²) in [4.78, 5) is 30.7. The van der Waals surface area contributed by atoms with Gasteiger partial charge in [0.2, 0.25) is 0 Å². The molecule has 118 valence electrons. The molecule has 0 unspecified atom stereocenters. The number of carbonyl (C=O) groups excluding carboxylic acids is 2. The summed E-state index contributed by atoms with van der Waals surface area (Å²) in [6.07, 6.45) is 1.62. The van der Waals surface area contributed by atoms with Gasteiger partial charge in [-0.2, -0.15) is 0 Å². The van der Waals surface area contributed by atoms with Crippen LogP contribution in [0.4, 0.5) is 4.79 Å². The Hall–Kier alpha value is -2.69. The molecule has 1 atom stereocenters. The maximum absolute atomic E-state index is 12.8. The topological polar surface area (TPSA) is 62.3 Å². The second-order valence-electron chi connectivity index (χ2n) is 6.09. The number of aromatic nitrogens is 1. The van der Waals surface area contributed by atoms with Gasteiger partial charge in [-0.05, 0) is 44.0 Å². The van der Waals surface area contributed by atoms with Crippen molar-refractivity contribution in [2.75, 3.05) is 0 Å². The molecule has 3 rings (SSSR count). The van der Waals surface area contributed by atoms with E-state index < -0.39 is 5.54 Å². The van der Waals surface area contributed by atoms with Crippen molar-refractivity contribution in [1.82, 2.24) is 15.2 Å². The number of nitrogens with one attached hydrogen (secondary N) is 1. The zero-order valence-corrected chi connectivity index (χ0v) is 13.5. The van der Waals surface area contributed by atoms with Crippen molar-refractivity contribution in [2.24, 2.45) is 0 Å². The van der Waals surface area contributed by atoms with Crippen LogP contribution in [-0.4, -0.2) is 21.8 Å². The van der Waals surface area contributed by atoms with E-state index in [1.165, 1.54) is 4.90 Å². The van der Waals surface area contributed by atoms with E-state index in [1.54, 1.807) is 31.3 Å². The van der Waals surface area contributed by atoms with E-state index in [0.717, 1.165) is 16.7 Å². The Kier molecular flexibility index (Phi) is 3.64. The molecule has 5 nitrogen and oxygen atoms in total. The predicted octanol–water partition coefficient (Wildman–Crippen LogP) is 2.67. The average Bonchev–Trinajstić information content (AvgIpc) is 2.76. The molecule has 0 saturated carbocycles. The van der Waals surface area contributed by atoms with Crippen LogP contribution in [0.1, 0.15) is 29.3 Å². The number of benzene rings is 1. The Morgan fingerprint density at radius 2 is 1.96 bits per heavy atom. The van der Waals surface area contributed by atoms with Crippen LogP contribution in [0.5, 0.6) is 0 Å². The number of pyridine rings is 1. The fraction of sp³-hybridized carbons (Fsp3) is 0.278. The number of amides is 3. The monoisotopic (exact) mass is 309 g/mol. The molecule has 1 aliphatic heterocycles. The highest BCUT2D eigenvalue weighted by Crippen LogP contribution is 2.28. The summed E-state index contributed by atoms with van der Waals surface area (Å²) in [5.74, 6) is -0.276. The van der Waals surface area contributed by atoms with Crippen LogP contribution in [-0.2, 0) is 16.9 Å². The Balaban J connectivity index is 1.92. The van der Waals surface area contributed by atoms with Gasteiger partial charge in [-0.1, -0.05) is 29.8 Å².